The van der Waals surface area contributed by atoms with E-state index in [1.54, 1.807) is 0 Å². The Balaban J connectivity index is 1.96. The third-order valence-electron chi connectivity index (χ3n) is 4.39. The van der Waals surface area contributed by atoms with Crippen LogP contribution in [0.1, 0.15) is 16.7 Å². The zero-order valence-corrected chi connectivity index (χ0v) is 14.4. The summed E-state index contributed by atoms with van der Waals surface area (Å²) in [4.78, 5) is 12.4. The fourth-order valence-corrected chi connectivity index (χ4v) is 3.55. The molecule has 2 heterocycles. The first-order valence-electron chi connectivity index (χ1n) is 7.43. The molecule has 1 aliphatic rings. The molecule has 0 aliphatic carbocycles. The summed E-state index contributed by atoms with van der Waals surface area (Å²) in [6.07, 6.45) is 4.05. The van der Waals surface area contributed by atoms with E-state index in [-0.39, 0.29) is 5.91 Å². The molecule has 1 aliphatic heterocycles. The van der Waals surface area contributed by atoms with Crippen LogP contribution in [-0.2, 0) is 11.8 Å². The van der Waals surface area contributed by atoms with E-state index in [1.165, 1.54) is 0 Å². The van der Waals surface area contributed by atoms with E-state index >= 15 is 0 Å². The summed E-state index contributed by atoms with van der Waals surface area (Å²) >= 11 is 3.56. The maximum atomic E-state index is 12.4. The highest BCUT2D eigenvalue weighted by molar-refractivity contribution is 9.10. The lowest BCUT2D eigenvalue weighted by atomic mass is 9.99. The number of nitrogens with one attached hydrogen (secondary N) is 1. The van der Waals surface area contributed by atoms with Crippen LogP contribution >= 0.6 is 15.9 Å². The van der Waals surface area contributed by atoms with Crippen LogP contribution in [-0.4, -0.2) is 10.5 Å². The largest absolute Gasteiger partial charge is 0.350 e. The van der Waals surface area contributed by atoms with Crippen molar-refractivity contribution in [1.29, 1.82) is 0 Å². The van der Waals surface area contributed by atoms with Crippen molar-refractivity contribution < 1.29 is 4.79 Å². The van der Waals surface area contributed by atoms with E-state index in [2.05, 4.69) is 44.1 Å². The first-order valence-corrected chi connectivity index (χ1v) is 8.22. The number of hydrogen-bond acceptors (Lipinski definition) is 1. The lowest BCUT2D eigenvalue weighted by Crippen LogP contribution is -2.03. The zero-order chi connectivity index (χ0) is 16.1. The number of rotatable bonds is 1. The van der Waals surface area contributed by atoms with Crippen molar-refractivity contribution in [1.82, 2.24) is 4.57 Å². The van der Waals surface area contributed by atoms with Gasteiger partial charge in [0.2, 0.25) is 0 Å². The molecule has 0 atom stereocenters. The van der Waals surface area contributed by atoms with E-state index < -0.39 is 0 Å². The first-order chi connectivity index (χ1) is 11.1. The molecular formula is C19H15BrN2O. The molecule has 1 N–H and O–H groups in total. The number of aromatic nitrogens is 1. The van der Waals surface area contributed by atoms with Gasteiger partial charge in [-0.25, -0.2) is 0 Å². The number of anilines is 1. The number of nitrogens with zero attached hydrogens (tertiary/aromatic N) is 1. The van der Waals surface area contributed by atoms with Crippen molar-refractivity contribution in [2.24, 2.45) is 7.05 Å². The molecule has 0 unspecified atom stereocenters. The molecule has 4 rings (SSSR count). The smallest absolute Gasteiger partial charge is 0.256 e. The Bertz CT molecular complexity index is 998. The van der Waals surface area contributed by atoms with Gasteiger partial charge in [-0.2, -0.15) is 0 Å². The van der Waals surface area contributed by atoms with Crippen LogP contribution in [0.25, 0.3) is 22.6 Å². The van der Waals surface area contributed by atoms with Gasteiger partial charge in [-0.05, 0) is 36.8 Å². The third kappa shape index (κ3) is 2.13. The van der Waals surface area contributed by atoms with Crippen LogP contribution in [0.4, 0.5) is 5.69 Å². The molecule has 3 aromatic rings. The molecule has 0 radical (unpaired) electrons. The van der Waals surface area contributed by atoms with Gasteiger partial charge in [0.15, 0.2) is 0 Å². The number of halogens is 1. The van der Waals surface area contributed by atoms with Crippen molar-refractivity contribution in [2.75, 3.05) is 5.32 Å². The van der Waals surface area contributed by atoms with Crippen LogP contribution in [0.2, 0.25) is 0 Å². The van der Waals surface area contributed by atoms with Crippen LogP contribution in [0, 0.1) is 6.92 Å². The molecule has 114 valence electrons. The third-order valence-corrected chi connectivity index (χ3v) is 5.25. The molecule has 4 heteroatoms. The SMILES string of the molecule is Cc1c(Br)ccc2c1C(=Cc1cn(C)c3ccccc13)C(=O)N2. The average molecular weight is 367 g/mol. The molecule has 0 bridgehead atoms. The van der Waals surface area contributed by atoms with E-state index in [0.29, 0.717) is 0 Å². The molecule has 0 saturated carbocycles. The van der Waals surface area contributed by atoms with Crippen molar-refractivity contribution >= 4 is 50.1 Å². The maximum Gasteiger partial charge on any atom is 0.256 e. The number of fused-ring (bicyclic) bond motifs is 2. The molecule has 2 aromatic carbocycles. The lowest BCUT2D eigenvalue weighted by molar-refractivity contribution is -0.110. The molecule has 0 spiro atoms. The minimum Gasteiger partial charge on any atom is -0.350 e. The number of benzene rings is 2. The number of carbonyl (C=O) groups excluding carboxylic acids is 1. The maximum absolute atomic E-state index is 12.4. The topological polar surface area (TPSA) is 34.0 Å². The average Bonchev–Trinajstić information content (AvgIpc) is 3.03. The number of hydrogen-bond donors (Lipinski definition) is 1. The van der Waals surface area contributed by atoms with Gasteiger partial charge in [0.05, 0.1) is 0 Å². The number of amides is 1. The van der Waals surface area contributed by atoms with E-state index in [1.807, 2.05) is 44.3 Å². The number of aryl methyl sites for hydroxylation is 1. The van der Waals surface area contributed by atoms with E-state index in [0.717, 1.165) is 43.3 Å². The Hall–Kier alpha value is -2.33. The second-order valence-electron chi connectivity index (χ2n) is 5.82. The fraction of sp³-hybridized carbons (Fsp3) is 0.105. The fourth-order valence-electron chi connectivity index (χ4n) is 3.22. The summed E-state index contributed by atoms with van der Waals surface area (Å²) in [5.74, 6) is -0.0471. The minimum atomic E-state index is -0.0471. The summed E-state index contributed by atoms with van der Waals surface area (Å²) in [6, 6.07) is 12.1. The van der Waals surface area contributed by atoms with Gasteiger partial charge >= 0.3 is 0 Å². The van der Waals surface area contributed by atoms with E-state index in [9.17, 15) is 4.79 Å². The Morgan fingerprint density at radius 3 is 2.78 bits per heavy atom. The van der Waals surface area contributed by atoms with Gasteiger partial charge in [0.25, 0.3) is 5.91 Å². The summed E-state index contributed by atoms with van der Waals surface area (Å²) in [5.41, 5.74) is 5.87. The van der Waals surface area contributed by atoms with Crippen LogP contribution < -0.4 is 5.32 Å². The van der Waals surface area contributed by atoms with Gasteiger partial charge in [-0.15, -0.1) is 0 Å². The molecule has 0 saturated heterocycles. The predicted molar refractivity (Wildman–Crippen MR) is 98.3 cm³/mol. The summed E-state index contributed by atoms with van der Waals surface area (Å²) in [6.45, 7) is 2.03. The molecule has 23 heavy (non-hydrogen) atoms. The quantitative estimate of drug-likeness (QED) is 0.620. The first kappa shape index (κ1) is 14.3. The number of para-hydroxylation sites is 1. The lowest BCUT2D eigenvalue weighted by Gasteiger charge is -2.05. The van der Waals surface area contributed by atoms with Gasteiger partial charge in [-0.3, -0.25) is 4.79 Å². The second-order valence-corrected chi connectivity index (χ2v) is 6.67. The Kier molecular flexibility index (Phi) is 3.16. The predicted octanol–water partition coefficient (Wildman–Crippen LogP) is 4.74. The standard InChI is InChI=1S/C19H15BrN2O/c1-11-15(20)7-8-16-18(11)14(19(23)21-16)9-12-10-22(2)17-6-4-3-5-13(12)17/h3-10H,1-2H3,(H,21,23). The van der Waals surface area contributed by atoms with Crippen LogP contribution in [0.5, 0.6) is 0 Å². The van der Waals surface area contributed by atoms with Crippen molar-refractivity contribution in [3.8, 4) is 0 Å². The highest BCUT2D eigenvalue weighted by Gasteiger charge is 2.27. The molecular weight excluding hydrogens is 352 g/mol. The zero-order valence-electron chi connectivity index (χ0n) is 12.9. The van der Waals surface area contributed by atoms with Gasteiger partial charge < -0.3 is 9.88 Å². The summed E-state index contributed by atoms with van der Waals surface area (Å²) in [5, 5.41) is 4.11. The minimum absolute atomic E-state index is 0.0471. The Labute approximate surface area is 142 Å². The normalized spacial score (nSPS) is 15.3. The van der Waals surface area contributed by atoms with Gasteiger partial charge in [-0.1, -0.05) is 34.1 Å². The van der Waals surface area contributed by atoms with Crippen LogP contribution in [0.15, 0.2) is 47.1 Å². The highest BCUT2D eigenvalue weighted by atomic mass is 79.9. The molecule has 3 nitrogen and oxygen atoms in total. The van der Waals surface area contributed by atoms with Crippen molar-refractivity contribution in [3.63, 3.8) is 0 Å². The van der Waals surface area contributed by atoms with Crippen LogP contribution in [0.3, 0.4) is 0 Å². The molecule has 1 amide bonds. The molecule has 0 fully saturated rings. The Morgan fingerprint density at radius 1 is 1.17 bits per heavy atom. The summed E-state index contributed by atoms with van der Waals surface area (Å²) < 4.78 is 3.10. The number of carbonyl (C=O) groups is 1. The van der Waals surface area contributed by atoms with Gasteiger partial charge in [0, 0.05) is 51.0 Å². The van der Waals surface area contributed by atoms with E-state index in [4.69, 9.17) is 0 Å². The van der Waals surface area contributed by atoms with Crippen molar-refractivity contribution in [2.45, 2.75) is 6.92 Å². The summed E-state index contributed by atoms with van der Waals surface area (Å²) in [7, 11) is 2.02. The monoisotopic (exact) mass is 366 g/mol. The van der Waals surface area contributed by atoms with Gasteiger partial charge in [0.1, 0.15) is 0 Å². The molecule has 1 aromatic heterocycles. The van der Waals surface area contributed by atoms with Crippen molar-refractivity contribution in [3.05, 3.63) is 63.8 Å². The highest BCUT2D eigenvalue weighted by Crippen LogP contribution is 2.39. The second kappa shape index (κ2) is 5.10. The Morgan fingerprint density at radius 2 is 1.96 bits per heavy atom.